The number of methoxy groups -OCH3 is 1. The molecule has 0 unspecified atom stereocenters. The minimum atomic E-state index is -0.603. The molecule has 0 aliphatic carbocycles. The van der Waals surface area contributed by atoms with E-state index >= 15 is 0 Å². The number of nitrogens with one attached hydrogen (secondary N) is 1. The number of rotatable bonds is 5. The molecule has 5 heteroatoms. The van der Waals surface area contributed by atoms with Crippen LogP contribution in [0.4, 0.5) is 4.39 Å². The summed E-state index contributed by atoms with van der Waals surface area (Å²) in [5.41, 5.74) is 2.85. The SMILES string of the molecule is COCCONC(=O)c1ccc(C)cc1F. The van der Waals surface area contributed by atoms with Gasteiger partial charge in [0.15, 0.2) is 0 Å². The lowest BCUT2D eigenvalue weighted by atomic mass is 10.1. The predicted molar refractivity (Wildman–Crippen MR) is 56.4 cm³/mol. The second-order valence-corrected chi connectivity index (χ2v) is 3.26. The number of aryl methyl sites for hydroxylation is 1. The summed E-state index contributed by atoms with van der Waals surface area (Å²) in [6.45, 7) is 2.33. The Labute approximate surface area is 93.3 Å². The van der Waals surface area contributed by atoms with E-state index in [1.807, 2.05) is 0 Å². The summed E-state index contributed by atoms with van der Waals surface area (Å²) < 4.78 is 18.1. The van der Waals surface area contributed by atoms with Crippen LogP contribution in [-0.4, -0.2) is 26.2 Å². The van der Waals surface area contributed by atoms with Crippen molar-refractivity contribution in [2.24, 2.45) is 0 Å². The number of carbonyl (C=O) groups is 1. The van der Waals surface area contributed by atoms with Crippen molar-refractivity contribution >= 4 is 5.91 Å². The summed E-state index contributed by atoms with van der Waals surface area (Å²) in [6, 6.07) is 4.37. The first-order valence-corrected chi connectivity index (χ1v) is 4.82. The zero-order valence-corrected chi connectivity index (χ0v) is 9.25. The van der Waals surface area contributed by atoms with Crippen molar-refractivity contribution in [3.63, 3.8) is 0 Å². The molecule has 1 rings (SSSR count). The van der Waals surface area contributed by atoms with E-state index in [4.69, 9.17) is 9.57 Å². The van der Waals surface area contributed by atoms with Crippen molar-refractivity contribution in [1.82, 2.24) is 5.48 Å². The molecule has 0 radical (unpaired) electrons. The van der Waals surface area contributed by atoms with Crippen LogP contribution in [0.25, 0.3) is 0 Å². The lowest BCUT2D eigenvalue weighted by Gasteiger charge is -2.06. The van der Waals surface area contributed by atoms with Gasteiger partial charge < -0.3 is 4.74 Å². The van der Waals surface area contributed by atoms with Crippen molar-refractivity contribution in [3.8, 4) is 0 Å². The fourth-order valence-electron chi connectivity index (χ4n) is 1.10. The van der Waals surface area contributed by atoms with Gasteiger partial charge in [-0.25, -0.2) is 9.87 Å². The Balaban J connectivity index is 2.53. The van der Waals surface area contributed by atoms with E-state index in [1.165, 1.54) is 19.2 Å². The molecule has 0 fully saturated rings. The second-order valence-electron chi connectivity index (χ2n) is 3.26. The maximum Gasteiger partial charge on any atom is 0.277 e. The molecule has 0 spiro atoms. The smallest absolute Gasteiger partial charge is 0.277 e. The number of hydroxylamine groups is 1. The lowest BCUT2D eigenvalue weighted by Crippen LogP contribution is -2.26. The Morgan fingerprint density at radius 1 is 1.44 bits per heavy atom. The molecule has 0 heterocycles. The van der Waals surface area contributed by atoms with Gasteiger partial charge in [-0.2, -0.15) is 0 Å². The monoisotopic (exact) mass is 227 g/mol. The normalized spacial score (nSPS) is 10.2. The average Bonchev–Trinajstić information content (AvgIpc) is 2.24. The Bertz CT molecular complexity index is 368. The van der Waals surface area contributed by atoms with Crippen LogP contribution in [0.3, 0.4) is 0 Å². The molecule has 1 amide bonds. The van der Waals surface area contributed by atoms with Crippen LogP contribution in [0.1, 0.15) is 15.9 Å². The van der Waals surface area contributed by atoms with Crippen LogP contribution < -0.4 is 5.48 Å². The number of hydrogen-bond acceptors (Lipinski definition) is 3. The zero-order valence-electron chi connectivity index (χ0n) is 9.25. The van der Waals surface area contributed by atoms with Gasteiger partial charge in [0.05, 0.1) is 18.8 Å². The average molecular weight is 227 g/mol. The van der Waals surface area contributed by atoms with E-state index in [2.05, 4.69) is 5.48 Å². The lowest BCUT2D eigenvalue weighted by molar-refractivity contribution is 0.00865. The molecule has 0 saturated heterocycles. The maximum atomic E-state index is 13.3. The van der Waals surface area contributed by atoms with Crippen molar-refractivity contribution in [2.75, 3.05) is 20.3 Å². The van der Waals surface area contributed by atoms with E-state index in [-0.39, 0.29) is 12.2 Å². The third kappa shape index (κ3) is 3.60. The van der Waals surface area contributed by atoms with Crippen molar-refractivity contribution in [2.45, 2.75) is 6.92 Å². The first-order chi connectivity index (χ1) is 7.65. The van der Waals surface area contributed by atoms with Crippen LogP contribution in [0.2, 0.25) is 0 Å². The van der Waals surface area contributed by atoms with Crippen LogP contribution in [0.5, 0.6) is 0 Å². The highest BCUT2D eigenvalue weighted by molar-refractivity contribution is 5.93. The zero-order chi connectivity index (χ0) is 12.0. The molecule has 0 aromatic heterocycles. The Hall–Kier alpha value is -1.46. The summed E-state index contributed by atoms with van der Waals surface area (Å²) in [7, 11) is 1.52. The molecular weight excluding hydrogens is 213 g/mol. The largest absolute Gasteiger partial charge is 0.382 e. The van der Waals surface area contributed by atoms with Crippen LogP contribution >= 0.6 is 0 Å². The Kier molecular flexibility index (Phi) is 4.88. The highest BCUT2D eigenvalue weighted by atomic mass is 19.1. The van der Waals surface area contributed by atoms with Gasteiger partial charge in [-0.05, 0) is 24.6 Å². The summed E-state index contributed by atoms with van der Waals surface area (Å²) in [5, 5.41) is 0. The first kappa shape index (κ1) is 12.6. The standard InChI is InChI=1S/C11H14FNO3/c1-8-3-4-9(10(12)7-8)11(14)13-16-6-5-15-2/h3-4,7H,5-6H2,1-2H3,(H,13,14). The predicted octanol–water partition coefficient (Wildman–Crippen LogP) is 1.44. The van der Waals surface area contributed by atoms with Crippen LogP contribution in [0.15, 0.2) is 18.2 Å². The van der Waals surface area contributed by atoms with E-state index in [1.54, 1.807) is 13.0 Å². The molecule has 0 bridgehead atoms. The topological polar surface area (TPSA) is 47.6 Å². The number of hydrogen-bond donors (Lipinski definition) is 1. The van der Waals surface area contributed by atoms with Gasteiger partial charge in [0.25, 0.3) is 5.91 Å². The molecule has 1 aromatic rings. The number of ether oxygens (including phenoxy) is 1. The fraction of sp³-hybridized carbons (Fsp3) is 0.364. The van der Waals surface area contributed by atoms with Crippen molar-refractivity contribution < 1.29 is 18.8 Å². The summed E-state index contributed by atoms with van der Waals surface area (Å²) in [4.78, 5) is 16.2. The van der Waals surface area contributed by atoms with Gasteiger partial charge in [-0.15, -0.1) is 0 Å². The van der Waals surface area contributed by atoms with E-state index in [0.29, 0.717) is 6.61 Å². The minimum Gasteiger partial charge on any atom is -0.382 e. The molecular formula is C11H14FNO3. The van der Waals surface area contributed by atoms with Gasteiger partial charge >= 0.3 is 0 Å². The maximum absolute atomic E-state index is 13.3. The molecule has 0 aliphatic heterocycles. The van der Waals surface area contributed by atoms with Crippen LogP contribution in [0, 0.1) is 12.7 Å². The highest BCUT2D eigenvalue weighted by Crippen LogP contribution is 2.09. The summed E-state index contributed by atoms with van der Waals surface area (Å²) >= 11 is 0. The molecule has 1 N–H and O–H groups in total. The first-order valence-electron chi connectivity index (χ1n) is 4.82. The quantitative estimate of drug-likeness (QED) is 0.611. The Morgan fingerprint density at radius 2 is 2.19 bits per heavy atom. The van der Waals surface area contributed by atoms with Gasteiger partial charge in [0.2, 0.25) is 0 Å². The summed E-state index contributed by atoms with van der Waals surface area (Å²) in [6.07, 6.45) is 0. The number of halogens is 1. The molecule has 0 aliphatic rings. The molecule has 88 valence electrons. The van der Waals surface area contributed by atoms with E-state index < -0.39 is 11.7 Å². The van der Waals surface area contributed by atoms with Gasteiger partial charge in [-0.3, -0.25) is 9.63 Å². The second kappa shape index (κ2) is 6.19. The van der Waals surface area contributed by atoms with Gasteiger partial charge in [-0.1, -0.05) is 6.07 Å². The van der Waals surface area contributed by atoms with Gasteiger partial charge in [0.1, 0.15) is 5.82 Å². The molecule has 4 nitrogen and oxygen atoms in total. The van der Waals surface area contributed by atoms with E-state index in [9.17, 15) is 9.18 Å². The highest BCUT2D eigenvalue weighted by Gasteiger charge is 2.11. The fourth-order valence-corrected chi connectivity index (χ4v) is 1.10. The third-order valence-corrected chi connectivity index (χ3v) is 1.92. The molecule has 0 saturated carbocycles. The van der Waals surface area contributed by atoms with Crippen LogP contribution in [-0.2, 0) is 9.57 Å². The molecule has 16 heavy (non-hydrogen) atoms. The third-order valence-electron chi connectivity index (χ3n) is 1.92. The number of carbonyl (C=O) groups excluding carboxylic acids is 1. The number of amides is 1. The van der Waals surface area contributed by atoms with Crippen molar-refractivity contribution in [3.05, 3.63) is 35.1 Å². The minimum absolute atomic E-state index is 0.0389. The Morgan fingerprint density at radius 3 is 2.81 bits per heavy atom. The van der Waals surface area contributed by atoms with E-state index in [0.717, 1.165) is 5.56 Å². The number of benzene rings is 1. The molecule has 0 atom stereocenters. The molecule has 1 aromatic carbocycles. The summed E-state index contributed by atoms with van der Waals surface area (Å²) in [5.74, 6) is -1.17. The van der Waals surface area contributed by atoms with Crippen molar-refractivity contribution in [1.29, 1.82) is 0 Å². The van der Waals surface area contributed by atoms with Gasteiger partial charge in [0, 0.05) is 7.11 Å².